The van der Waals surface area contributed by atoms with Crippen LogP contribution in [0, 0.1) is 11.8 Å². The number of aromatic nitrogens is 1. The Morgan fingerprint density at radius 3 is 2.27 bits per heavy atom. The van der Waals surface area contributed by atoms with E-state index in [1.54, 1.807) is 0 Å². The zero-order valence-corrected chi connectivity index (χ0v) is 15.1. The Kier molecular flexibility index (Phi) is 3.93. The van der Waals surface area contributed by atoms with Gasteiger partial charge in [0.05, 0.1) is 5.25 Å². The molecule has 0 radical (unpaired) electrons. The molecule has 2 saturated carbocycles. The third kappa shape index (κ3) is 2.69. The average molecular weight is 361 g/mol. The Hall–Kier alpha value is -2.33. The van der Waals surface area contributed by atoms with E-state index in [0.29, 0.717) is 16.9 Å². The van der Waals surface area contributed by atoms with Crippen molar-refractivity contribution in [2.45, 2.75) is 29.7 Å². The van der Waals surface area contributed by atoms with E-state index in [0.717, 1.165) is 41.8 Å². The molecule has 3 nitrogen and oxygen atoms in total. The van der Waals surface area contributed by atoms with E-state index in [9.17, 15) is 4.79 Å². The van der Waals surface area contributed by atoms with Crippen molar-refractivity contribution in [1.82, 2.24) is 4.98 Å². The first-order valence-electron chi connectivity index (χ1n) is 9.11. The van der Waals surface area contributed by atoms with Gasteiger partial charge in [0.1, 0.15) is 11.5 Å². The van der Waals surface area contributed by atoms with Crippen LogP contribution in [0.15, 0.2) is 70.3 Å². The van der Waals surface area contributed by atoms with Gasteiger partial charge < -0.3 is 4.42 Å². The Balaban J connectivity index is 1.53. The number of oxazole rings is 1. The predicted octanol–water partition coefficient (Wildman–Crippen LogP) is 5.47. The van der Waals surface area contributed by atoms with E-state index < -0.39 is 0 Å². The van der Waals surface area contributed by atoms with Crippen LogP contribution >= 0.6 is 11.8 Å². The second kappa shape index (κ2) is 6.44. The van der Waals surface area contributed by atoms with Gasteiger partial charge in [0.15, 0.2) is 5.76 Å². The van der Waals surface area contributed by atoms with Crippen LogP contribution in [-0.2, 0) is 4.79 Å². The second-order valence-corrected chi connectivity index (χ2v) is 8.19. The number of hydrogen-bond acceptors (Lipinski definition) is 4. The number of carbonyl (C=O) groups excluding carboxylic acids is 1. The molecule has 4 heteroatoms. The van der Waals surface area contributed by atoms with Crippen molar-refractivity contribution in [3.8, 4) is 22.6 Å². The van der Waals surface area contributed by atoms with Gasteiger partial charge in [-0.15, -0.1) is 0 Å². The number of nitrogens with zero attached hydrogens (tertiary/aromatic N) is 1. The molecule has 0 aliphatic heterocycles. The van der Waals surface area contributed by atoms with Crippen molar-refractivity contribution >= 4 is 17.5 Å². The first-order chi connectivity index (χ1) is 12.8. The number of rotatable bonds is 4. The first-order valence-corrected chi connectivity index (χ1v) is 9.99. The van der Waals surface area contributed by atoms with Crippen molar-refractivity contribution in [3.05, 3.63) is 60.7 Å². The molecular formula is C22H19NO2S. The number of carbonyl (C=O) groups is 1. The zero-order chi connectivity index (χ0) is 17.5. The molecule has 26 heavy (non-hydrogen) atoms. The van der Waals surface area contributed by atoms with Gasteiger partial charge in [-0.2, -0.15) is 0 Å². The van der Waals surface area contributed by atoms with Gasteiger partial charge in [-0.3, -0.25) is 4.79 Å². The highest BCUT2D eigenvalue weighted by molar-refractivity contribution is 8.00. The van der Waals surface area contributed by atoms with Crippen molar-refractivity contribution in [2.24, 2.45) is 11.8 Å². The van der Waals surface area contributed by atoms with E-state index in [2.05, 4.69) is 0 Å². The molecule has 2 fully saturated rings. The summed E-state index contributed by atoms with van der Waals surface area (Å²) in [7, 11) is 0. The number of Topliss-reactive ketones (excluding diaryl/α,β-unsaturated/α-hetero) is 1. The molecule has 1 heterocycles. The molecule has 130 valence electrons. The molecule has 2 bridgehead atoms. The molecule has 2 aromatic carbocycles. The van der Waals surface area contributed by atoms with Crippen LogP contribution in [0.25, 0.3) is 22.6 Å². The highest BCUT2D eigenvalue weighted by atomic mass is 32.2. The monoisotopic (exact) mass is 361 g/mol. The molecule has 3 atom stereocenters. The Bertz CT molecular complexity index is 878. The van der Waals surface area contributed by atoms with Gasteiger partial charge in [-0.25, -0.2) is 4.98 Å². The number of thioether (sulfide) groups is 1. The molecule has 1 aromatic heterocycles. The summed E-state index contributed by atoms with van der Waals surface area (Å²) < 4.78 is 6.17. The SMILES string of the molecule is O=C1[C@H]2CC[C@H](C2)[C@H]1Sc1nc(-c2ccccc2)c(-c2ccccc2)o1. The van der Waals surface area contributed by atoms with Gasteiger partial charge in [0.25, 0.3) is 5.22 Å². The fourth-order valence-corrected chi connectivity index (χ4v) is 5.45. The second-order valence-electron chi connectivity index (χ2n) is 7.10. The summed E-state index contributed by atoms with van der Waals surface area (Å²) in [6.45, 7) is 0. The lowest BCUT2D eigenvalue weighted by atomic mass is 9.99. The summed E-state index contributed by atoms with van der Waals surface area (Å²) in [6.07, 6.45) is 3.27. The fraction of sp³-hybridized carbons (Fsp3) is 0.273. The van der Waals surface area contributed by atoms with Crippen LogP contribution in [0.1, 0.15) is 19.3 Å². The fourth-order valence-electron chi connectivity index (χ4n) is 4.21. The Labute approximate surface area is 156 Å². The van der Waals surface area contributed by atoms with Crippen molar-refractivity contribution in [3.63, 3.8) is 0 Å². The minimum atomic E-state index is 0.0136. The van der Waals surface area contributed by atoms with E-state index in [-0.39, 0.29) is 11.2 Å². The third-order valence-electron chi connectivity index (χ3n) is 5.50. The maximum atomic E-state index is 12.5. The topological polar surface area (TPSA) is 43.1 Å². The lowest BCUT2D eigenvalue weighted by Gasteiger charge is -2.17. The highest BCUT2D eigenvalue weighted by Crippen LogP contribution is 2.49. The third-order valence-corrected chi connectivity index (χ3v) is 6.75. The zero-order valence-electron chi connectivity index (χ0n) is 14.3. The van der Waals surface area contributed by atoms with Crippen molar-refractivity contribution in [1.29, 1.82) is 0 Å². The van der Waals surface area contributed by atoms with Gasteiger partial charge in [-0.05, 0) is 25.2 Å². The summed E-state index contributed by atoms with van der Waals surface area (Å²) in [6, 6.07) is 20.1. The number of hydrogen-bond donors (Lipinski definition) is 0. The van der Waals surface area contributed by atoms with Crippen LogP contribution in [-0.4, -0.2) is 16.0 Å². The first kappa shape index (κ1) is 15.9. The average Bonchev–Trinajstić information content (AvgIpc) is 3.40. The van der Waals surface area contributed by atoms with Crippen LogP contribution in [0.3, 0.4) is 0 Å². The molecule has 0 amide bonds. The smallest absolute Gasteiger partial charge is 0.257 e. The number of fused-ring (bicyclic) bond motifs is 2. The molecule has 2 aliphatic rings. The number of ketones is 1. The van der Waals surface area contributed by atoms with Gasteiger partial charge in [0, 0.05) is 17.0 Å². The highest BCUT2D eigenvalue weighted by Gasteiger charge is 2.47. The Morgan fingerprint density at radius 2 is 1.62 bits per heavy atom. The lowest BCUT2D eigenvalue weighted by molar-refractivity contribution is -0.121. The lowest BCUT2D eigenvalue weighted by Crippen LogP contribution is -2.24. The molecular weight excluding hydrogens is 342 g/mol. The summed E-state index contributed by atoms with van der Waals surface area (Å²) in [4.78, 5) is 17.3. The number of benzene rings is 2. The van der Waals surface area contributed by atoms with Crippen LogP contribution in [0.4, 0.5) is 0 Å². The summed E-state index contributed by atoms with van der Waals surface area (Å²) in [5, 5.41) is 0.619. The normalized spacial score (nSPS) is 24.3. The van der Waals surface area contributed by atoms with Crippen molar-refractivity contribution < 1.29 is 9.21 Å². The molecule has 2 aliphatic carbocycles. The molecule has 0 unspecified atom stereocenters. The molecule has 5 rings (SSSR count). The van der Waals surface area contributed by atoms with Crippen LogP contribution in [0.5, 0.6) is 0 Å². The summed E-state index contributed by atoms with van der Waals surface area (Å²) >= 11 is 1.52. The molecule has 3 aromatic rings. The summed E-state index contributed by atoms with van der Waals surface area (Å²) in [5.74, 6) is 1.93. The molecule has 0 spiro atoms. The maximum absolute atomic E-state index is 12.5. The Morgan fingerprint density at radius 1 is 0.923 bits per heavy atom. The van der Waals surface area contributed by atoms with E-state index in [4.69, 9.17) is 9.40 Å². The predicted molar refractivity (Wildman–Crippen MR) is 103 cm³/mol. The van der Waals surface area contributed by atoms with Gasteiger partial charge in [0.2, 0.25) is 0 Å². The molecule has 0 N–H and O–H groups in total. The van der Waals surface area contributed by atoms with Crippen LogP contribution in [0.2, 0.25) is 0 Å². The minimum Gasteiger partial charge on any atom is -0.431 e. The minimum absolute atomic E-state index is 0.0136. The van der Waals surface area contributed by atoms with Gasteiger partial charge in [-0.1, -0.05) is 72.4 Å². The van der Waals surface area contributed by atoms with E-state index >= 15 is 0 Å². The standard InChI is InChI=1S/C22H19NO2S/c24-19-16-11-12-17(13-16)21(19)26-22-23-18(14-7-3-1-4-8-14)20(25-22)15-9-5-2-6-10-15/h1-10,16-17,21H,11-13H2/t16-,17+,21+/m0/s1. The van der Waals surface area contributed by atoms with Gasteiger partial charge >= 0.3 is 0 Å². The van der Waals surface area contributed by atoms with E-state index in [1.807, 2.05) is 60.7 Å². The quantitative estimate of drug-likeness (QED) is 0.618. The van der Waals surface area contributed by atoms with Crippen molar-refractivity contribution in [2.75, 3.05) is 0 Å². The van der Waals surface area contributed by atoms with Crippen LogP contribution < -0.4 is 0 Å². The largest absolute Gasteiger partial charge is 0.431 e. The summed E-state index contributed by atoms with van der Waals surface area (Å²) in [5.41, 5.74) is 2.88. The van der Waals surface area contributed by atoms with E-state index in [1.165, 1.54) is 11.8 Å². The molecule has 0 saturated heterocycles. The maximum Gasteiger partial charge on any atom is 0.257 e.